The Kier molecular flexibility index (Phi) is 5.84. The number of rotatable bonds is 4. The van der Waals surface area contributed by atoms with Gasteiger partial charge in [-0.05, 0) is 49.0 Å². The van der Waals surface area contributed by atoms with Crippen LogP contribution in [0, 0.1) is 11.3 Å². The minimum absolute atomic E-state index is 0.000525. The quantitative estimate of drug-likeness (QED) is 0.907. The summed E-state index contributed by atoms with van der Waals surface area (Å²) in [7, 11) is 0. The van der Waals surface area contributed by atoms with Crippen LogP contribution in [-0.2, 0) is 0 Å². The molecule has 0 aliphatic carbocycles. The third kappa shape index (κ3) is 4.52. The number of nitrogens with one attached hydrogen (secondary N) is 1. The second kappa shape index (κ2) is 8.47. The number of likely N-dealkylation sites (N-methyl/N-ethyl adjacent to an activating group) is 1. The predicted octanol–water partition coefficient (Wildman–Crippen LogP) is 2.59. The van der Waals surface area contributed by atoms with Crippen LogP contribution in [-0.4, -0.2) is 54.3 Å². The van der Waals surface area contributed by atoms with Crippen LogP contribution in [0.2, 0.25) is 0 Å². The molecule has 0 aromatic heterocycles. The van der Waals surface area contributed by atoms with E-state index >= 15 is 0 Å². The highest BCUT2D eigenvalue weighted by atomic mass is 16.2. The lowest BCUT2D eigenvalue weighted by Crippen LogP contribution is -2.48. The maximum absolute atomic E-state index is 12.6. The fraction of sp³-hybridized carbons (Fsp3) is 0.286. The van der Waals surface area contributed by atoms with Crippen molar-refractivity contribution in [3.8, 4) is 6.07 Å². The van der Waals surface area contributed by atoms with Crippen LogP contribution in [0.3, 0.4) is 0 Å². The van der Waals surface area contributed by atoms with Crippen molar-refractivity contribution >= 4 is 17.5 Å². The molecule has 6 heteroatoms. The molecule has 2 amide bonds. The predicted molar refractivity (Wildman–Crippen MR) is 104 cm³/mol. The van der Waals surface area contributed by atoms with Crippen molar-refractivity contribution in [2.75, 3.05) is 38.0 Å². The Labute approximate surface area is 159 Å². The van der Waals surface area contributed by atoms with E-state index in [-0.39, 0.29) is 11.8 Å². The van der Waals surface area contributed by atoms with Crippen LogP contribution in [0.1, 0.15) is 33.2 Å². The highest BCUT2D eigenvalue weighted by molar-refractivity contribution is 6.05. The summed E-state index contributed by atoms with van der Waals surface area (Å²) in [6.45, 7) is 6.37. The van der Waals surface area contributed by atoms with E-state index in [9.17, 15) is 9.59 Å². The monoisotopic (exact) mass is 362 g/mol. The molecule has 0 atom stereocenters. The summed E-state index contributed by atoms with van der Waals surface area (Å²) in [5, 5.41) is 11.7. The van der Waals surface area contributed by atoms with Crippen molar-refractivity contribution in [1.29, 1.82) is 5.26 Å². The lowest BCUT2D eigenvalue weighted by atomic mass is 10.1. The molecule has 0 spiro atoms. The number of nitrogens with zero attached hydrogens (tertiary/aromatic N) is 3. The van der Waals surface area contributed by atoms with E-state index in [4.69, 9.17) is 5.26 Å². The first-order chi connectivity index (χ1) is 13.1. The van der Waals surface area contributed by atoms with Gasteiger partial charge in [-0.1, -0.05) is 13.0 Å². The van der Waals surface area contributed by atoms with Gasteiger partial charge in [0.15, 0.2) is 0 Å². The van der Waals surface area contributed by atoms with Crippen molar-refractivity contribution in [3.05, 3.63) is 65.2 Å². The number of carbonyl (C=O) groups is 2. The molecule has 0 unspecified atom stereocenters. The average molecular weight is 362 g/mol. The number of anilines is 1. The molecule has 0 saturated carbocycles. The first-order valence-electron chi connectivity index (χ1n) is 9.04. The number of carbonyl (C=O) groups excluding carboxylic acids is 2. The summed E-state index contributed by atoms with van der Waals surface area (Å²) in [6, 6.07) is 15.5. The SMILES string of the molecule is CCN1CCN(C(=O)c2ccc(C(=O)Nc3cccc(C#N)c3)cc2)CC1. The van der Waals surface area contributed by atoms with Gasteiger partial charge in [-0.15, -0.1) is 0 Å². The Bertz CT molecular complexity index is 862. The van der Waals surface area contributed by atoms with Gasteiger partial charge in [-0.2, -0.15) is 5.26 Å². The van der Waals surface area contributed by atoms with Crippen molar-refractivity contribution in [1.82, 2.24) is 9.80 Å². The zero-order chi connectivity index (χ0) is 19.2. The fourth-order valence-corrected chi connectivity index (χ4v) is 3.08. The van der Waals surface area contributed by atoms with Gasteiger partial charge < -0.3 is 15.1 Å². The van der Waals surface area contributed by atoms with Crippen molar-refractivity contribution in [3.63, 3.8) is 0 Å². The molecule has 0 radical (unpaired) electrons. The third-order valence-corrected chi connectivity index (χ3v) is 4.75. The van der Waals surface area contributed by atoms with E-state index in [1.54, 1.807) is 48.5 Å². The van der Waals surface area contributed by atoms with Gasteiger partial charge in [-0.3, -0.25) is 9.59 Å². The van der Waals surface area contributed by atoms with E-state index in [1.807, 2.05) is 11.0 Å². The van der Waals surface area contributed by atoms with Gasteiger partial charge in [0.05, 0.1) is 11.6 Å². The molecule has 3 rings (SSSR count). The number of hydrogen-bond donors (Lipinski definition) is 1. The van der Waals surface area contributed by atoms with Crippen LogP contribution in [0.15, 0.2) is 48.5 Å². The summed E-state index contributed by atoms with van der Waals surface area (Å²) >= 11 is 0. The lowest BCUT2D eigenvalue weighted by Gasteiger charge is -2.34. The van der Waals surface area contributed by atoms with E-state index in [2.05, 4.69) is 17.1 Å². The zero-order valence-electron chi connectivity index (χ0n) is 15.3. The normalized spacial score (nSPS) is 14.4. The molecule has 1 fully saturated rings. The van der Waals surface area contributed by atoms with Crippen molar-refractivity contribution in [2.24, 2.45) is 0 Å². The molecule has 2 aromatic carbocycles. The van der Waals surface area contributed by atoms with Gasteiger partial charge in [-0.25, -0.2) is 0 Å². The molecule has 2 aromatic rings. The first kappa shape index (κ1) is 18.6. The largest absolute Gasteiger partial charge is 0.336 e. The Morgan fingerprint density at radius 3 is 2.33 bits per heavy atom. The fourth-order valence-electron chi connectivity index (χ4n) is 3.08. The van der Waals surface area contributed by atoms with Crippen molar-refractivity contribution in [2.45, 2.75) is 6.92 Å². The van der Waals surface area contributed by atoms with Crippen LogP contribution in [0.5, 0.6) is 0 Å². The molecule has 6 nitrogen and oxygen atoms in total. The molecule has 1 N–H and O–H groups in total. The lowest BCUT2D eigenvalue weighted by molar-refractivity contribution is 0.0643. The molecule has 138 valence electrons. The highest BCUT2D eigenvalue weighted by Crippen LogP contribution is 2.14. The molecular weight excluding hydrogens is 340 g/mol. The summed E-state index contributed by atoms with van der Waals surface area (Å²) in [5.74, 6) is -0.278. The molecule has 27 heavy (non-hydrogen) atoms. The van der Waals surface area contributed by atoms with Crippen LogP contribution in [0.25, 0.3) is 0 Å². The standard InChI is InChI=1S/C21H22N4O2/c1-2-24-10-12-25(13-11-24)21(27)18-8-6-17(7-9-18)20(26)23-19-5-3-4-16(14-19)15-22/h3-9,14H,2,10-13H2,1H3,(H,23,26). The third-order valence-electron chi connectivity index (χ3n) is 4.75. The topological polar surface area (TPSA) is 76.4 Å². The molecule has 0 bridgehead atoms. The molecule has 1 heterocycles. The second-order valence-electron chi connectivity index (χ2n) is 6.45. The van der Waals surface area contributed by atoms with E-state index < -0.39 is 0 Å². The maximum Gasteiger partial charge on any atom is 0.255 e. The van der Waals surface area contributed by atoms with E-state index in [0.717, 1.165) is 32.7 Å². The number of amides is 2. The molecule has 1 saturated heterocycles. The molecule has 1 aliphatic rings. The highest BCUT2D eigenvalue weighted by Gasteiger charge is 2.21. The minimum Gasteiger partial charge on any atom is -0.336 e. The molecular formula is C21H22N4O2. The van der Waals surface area contributed by atoms with Gasteiger partial charge in [0.1, 0.15) is 0 Å². The zero-order valence-corrected chi connectivity index (χ0v) is 15.3. The number of benzene rings is 2. The maximum atomic E-state index is 12.6. The van der Waals surface area contributed by atoms with Gasteiger partial charge >= 0.3 is 0 Å². The summed E-state index contributed by atoms with van der Waals surface area (Å²) in [4.78, 5) is 29.2. The summed E-state index contributed by atoms with van der Waals surface area (Å²) in [5.41, 5.74) is 2.10. The van der Waals surface area contributed by atoms with Crippen molar-refractivity contribution < 1.29 is 9.59 Å². The molecule has 1 aliphatic heterocycles. The Balaban J connectivity index is 1.63. The smallest absolute Gasteiger partial charge is 0.255 e. The summed E-state index contributed by atoms with van der Waals surface area (Å²) < 4.78 is 0. The van der Waals surface area contributed by atoms with Crippen LogP contribution >= 0.6 is 0 Å². The van der Waals surface area contributed by atoms with E-state index in [0.29, 0.717) is 22.4 Å². The van der Waals surface area contributed by atoms with Gasteiger partial charge in [0.2, 0.25) is 0 Å². The van der Waals surface area contributed by atoms with Crippen LogP contribution in [0.4, 0.5) is 5.69 Å². The Morgan fingerprint density at radius 2 is 1.70 bits per heavy atom. The van der Waals surface area contributed by atoms with Crippen LogP contribution < -0.4 is 5.32 Å². The Hall–Kier alpha value is -3.17. The number of hydrogen-bond acceptors (Lipinski definition) is 4. The Morgan fingerprint density at radius 1 is 1.04 bits per heavy atom. The van der Waals surface area contributed by atoms with Gasteiger partial charge in [0, 0.05) is 43.0 Å². The minimum atomic E-state index is -0.277. The van der Waals surface area contributed by atoms with E-state index in [1.165, 1.54) is 0 Å². The first-order valence-corrected chi connectivity index (χ1v) is 9.04. The number of nitriles is 1. The van der Waals surface area contributed by atoms with Gasteiger partial charge in [0.25, 0.3) is 11.8 Å². The second-order valence-corrected chi connectivity index (χ2v) is 6.45. The number of piperazine rings is 1. The summed E-state index contributed by atoms with van der Waals surface area (Å²) in [6.07, 6.45) is 0. The average Bonchev–Trinajstić information content (AvgIpc) is 2.73.